The molecule has 2 aromatic heterocycles. The SMILES string of the molecule is COc1ccc2c(c1)[nH]c1c(=O)n(N=C[C@@H]3[C@H](C)C=C(C)C[C@@H]3C)c(=O)[nH]c12. The summed E-state index contributed by atoms with van der Waals surface area (Å²) in [6.45, 7) is 6.44. The molecule has 1 aliphatic rings. The Labute approximate surface area is 161 Å². The molecule has 2 N–H and O–H groups in total. The van der Waals surface area contributed by atoms with Crippen LogP contribution in [-0.2, 0) is 0 Å². The maximum Gasteiger partial charge on any atom is 0.350 e. The van der Waals surface area contributed by atoms with Crippen LogP contribution in [-0.4, -0.2) is 28.0 Å². The molecular weight excluding hydrogens is 356 g/mol. The largest absolute Gasteiger partial charge is 0.497 e. The van der Waals surface area contributed by atoms with Crippen molar-refractivity contribution >= 4 is 28.2 Å². The molecule has 28 heavy (non-hydrogen) atoms. The summed E-state index contributed by atoms with van der Waals surface area (Å²) in [5, 5.41) is 5.03. The lowest BCUT2D eigenvalue weighted by Crippen LogP contribution is -2.33. The third kappa shape index (κ3) is 2.96. The molecule has 1 aromatic carbocycles. The van der Waals surface area contributed by atoms with Crippen LogP contribution in [0, 0.1) is 17.8 Å². The second kappa shape index (κ2) is 6.82. The number of aromatic nitrogens is 3. The molecule has 1 aliphatic carbocycles. The van der Waals surface area contributed by atoms with Crippen molar-refractivity contribution in [3.05, 3.63) is 50.7 Å². The van der Waals surface area contributed by atoms with Gasteiger partial charge in [0.15, 0.2) is 0 Å². The number of hydrogen-bond donors (Lipinski definition) is 2. The lowest BCUT2D eigenvalue weighted by molar-refractivity contribution is 0.361. The van der Waals surface area contributed by atoms with Gasteiger partial charge in [0.05, 0.1) is 18.1 Å². The Bertz CT molecular complexity index is 1230. The zero-order valence-corrected chi connectivity index (χ0v) is 16.4. The minimum atomic E-state index is -0.548. The number of allylic oxidation sites excluding steroid dienone is 2. The first-order valence-electron chi connectivity index (χ1n) is 9.45. The Hall–Kier alpha value is -3.09. The first-order chi connectivity index (χ1) is 13.4. The monoisotopic (exact) mass is 380 g/mol. The molecule has 0 spiro atoms. The third-order valence-corrected chi connectivity index (χ3v) is 5.65. The highest BCUT2D eigenvalue weighted by Crippen LogP contribution is 2.32. The van der Waals surface area contributed by atoms with Crippen LogP contribution >= 0.6 is 0 Å². The summed E-state index contributed by atoms with van der Waals surface area (Å²) in [6.07, 6.45) is 4.97. The van der Waals surface area contributed by atoms with E-state index in [4.69, 9.17) is 4.74 Å². The van der Waals surface area contributed by atoms with Gasteiger partial charge >= 0.3 is 11.2 Å². The lowest BCUT2D eigenvalue weighted by atomic mass is 9.76. The van der Waals surface area contributed by atoms with Gasteiger partial charge in [-0.25, -0.2) is 4.79 Å². The Morgan fingerprint density at radius 3 is 2.71 bits per heavy atom. The highest BCUT2D eigenvalue weighted by Gasteiger charge is 2.25. The van der Waals surface area contributed by atoms with Crippen LogP contribution in [0.15, 0.2) is 44.5 Å². The summed E-state index contributed by atoms with van der Waals surface area (Å²) in [6, 6.07) is 5.40. The quantitative estimate of drug-likeness (QED) is 0.540. The topological polar surface area (TPSA) is 92.2 Å². The van der Waals surface area contributed by atoms with E-state index in [2.05, 4.69) is 41.9 Å². The molecule has 3 atom stereocenters. The van der Waals surface area contributed by atoms with E-state index in [1.807, 2.05) is 6.07 Å². The number of methoxy groups -OCH3 is 1. The van der Waals surface area contributed by atoms with Gasteiger partial charge in [-0.2, -0.15) is 5.10 Å². The molecule has 0 unspecified atom stereocenters. The number of H-pyrrole nitrogens is 2. The van der Waals surface area contributed by atoms with Crippen molar-refractivity contribution in [2.75, 3.05) is 7.11 Å². The van der Waals surface area contributed by atoms with Crippen LogP contribution < -0.4 is 16.0 Å². The van der Waals surface area contributed by atoms with Crippen LogP contribution in [0.25, 0.3) is 21.9 Å². The van der Waals surface area contributed by atoms with Crippen molar-refractivity contribution in [2.24, 2.45) is 22.9 Å². The molecule has 4 rings (SSSR count). The number of benzene rings is 1. The Balaban J connectivity index is 1.81. The van der Waals surface area contributed by atoms with E-state index < -0.39 is 11.2 Å². The summed E-state index contributed by atoms with van der Waals surface area (Å²) >= 11 is 0. The molecule has 0 amide bonds. The Morgan fingerprint density at radius 1 is 1.21 bits per heavy atom. The molecule has 7 heteroatoms. The number of ether oxygens (including phenoxy) is 1. The summed E-state index contributed by atoms with van der Waals surface area (Å²) in [5.41, 5.74) is 1.88. The second-order valence-electron chi connectivity index (χ2n) is 7.73. The van der Waals surface area contributed by atoms with Crippen molar-refractivity contribution in [2.45, 2.75) is 27.2 Å². The van der Waals surface area contributed by atoms with Gasteiger partial charge in [0.2, 0.25) is 0 Å². The van der Waals surface area contributed by atoms with Gasteiger partial charge in [0.25, 0.3) is 0 Å². The maximum absolute atomic E-state index is 12.9. The third-order valence-electron chi connectivity index (χ3n) is 5.65. The highest BCUT2D eigenvalue weighted by atomic mass is 16.5. The van der Waals surface area contributed by atoms with E-state index >= 15 is 0 Å². The van der Waals surface area contributed by atoms with E-state index in [1.54, 1.807) is 25.5 Å². The smallest absolute Gasteiger partial charge is 0.350 e. The fraction of sp³-hybridized carbons (Fsp3) is 0.381. The van der Waals surface area contributed by atoms with Gasteiger partial charge in [0, 0.05) is 23.6 Å². The molecule has 0 radical (unpaired) electrons. The van der Waals surface area contributed by atoms with E-state index in [1.165, 1.54) is 5.57 Å². The predicted octanol–water partition coefficient (Wildman–Crippen LogP) is 3.25. The van der Waals surface area contributed by atoms with Crippen LogP contribution in [0.1, 0.15) is 27.2 Å². The zero-order valence-electron chi connectivity index (χ0n) is 16.4. The Kier molecular flexibility index (Phi) is 4.45. The van der Waals surface area contributed by atoms with Gasteiger partial charge in [-0.15, -0.1) is 4.68 Å². The first-order valence-corrected chi connectivity index (χ1v) is 9.45. The number of aromatic amines is 2. The molecule has 0 saturated carbocycles. The van der Waals surface area contributed by atoms with Crippen LogP contribution in [0.2, 0.25) is 0 Å². The molecule has 7 nitrogen and oxygen atoms in total. The molecule has 0 aliphatic heterocycles. The van der Waals surface area contributed by atoms with Gasteiger partial charge in [-0.3, -0.25) is 4.79 Å². The minimum absolute atomic E-state index is 0.178. The summed E-state index contributed by atoms with van der Waals surface area (Å²) in [5.74, 6) is 1.57. The molecule has 0 fully saturated rings. The zero-order chi connectivity index (χ0) is 20.0. The maximum atomic E-state index is 12.9. The van der Waals surface area contributed by atoms with Crippen LogP contribution in [0.3, 0.4) is 0 Å². The molecular formula is C21H24N4O3. The minimum Gasteiger partial charge on any atom is -0.497 e. The van der Waals surface area contributed by atoms with E-state index in [9.17, 15) is 9.59 Å². The highest BCUT2D eigenvalue weighted by molar-refractivity contribution is 6.04. The summed E-state index contributed by atoms with van der Waals surface area (Å²) in [4.78, 5) is 31.3. The Morgan fingerprint density at radius 2 is 2.00 bits per heavy atom. The predicted molar refractivity (Wildman–Crippen MR) is 111 cm³/mol. The normalized spacial score (nSPS) is 22.9. The fourth-order valence-electron chi connectivity index (χ4n) is 4.27. The average molecular weight is 380 g/mol. The van der Waals surface area contributed by atoms with Gasteiger partial charge < -0.3 is 14.7 Å². The molecule has 2 heterocycles. The molecule has 0 saturated heterocycles. The molecule has 3 aromatic rings. The summed E-state index contributed by atoms with van der Waals surface area (Å²) < 4.78 is 6.13. The standard InChI is InChI=1S/C21H24N4O3/c1-11-7-12(2)16(13(3)8-11)10-22-25-20(26)19-18(24-21(25)27)15-6-5-14(28-4)9-17(15)23-19/h5-7,9-10,12-13,16,23H,8H2,1-4H3,(H,24,27)/t12-,13+,16-/m1/s1. The van der Waals surface area contributed by atoms with Gasteiger partial charge in [-0.1, -0.05) is 25.5 Å². The van der Waals surface area contributed by atoms with Crippen molar-refractivity contribution in [1.29, 1.82) is 0 Å². The van der Waals surface area contributed by atoms with Gasteiger partial charge in [0.1, 0.15) is 11.3 Å². The number of fused-ring (bicyclic) bond motifs is 3. The average Bonchev–Trinajstić information content (AvgIpc) is 3.01. The number of nitrogens with one attached hydrogen (secondary N) is 2. The van der Waals surface area contributed by atoms with Crippen LogP contribution in [0.4, 0.5) is 0 Å². The van der Waals surface area contributed by atoms with Crippen molar-refractivity contribution in [1.82, 2.24) is 14.6 Å². The van der Waals surface area contributed by atoms with E-state index in [0.717, 1.165) is 22.0 Å². The van der Waals surface area contributed by atoms with E-state index in [-0.39, 0.29) is 5.92 Å². The molecule has 146 valence electrons. The van der Waals surface area contributed by atoms with E-state index in [0.29, 0.717) is 28.6 Å². The van der Waals surface area contributed by atoms with Crippen molar-refractivity contribution in [3.8, 4) is 5.75 Å². The first kappa shape index (κ1) is 18.3. The lowest BCUT2D eigenvalue weighted by Gasteiger charge is -2.29. The second-order valence-corrected chi connectivity index (χ2v) is 7.73. The summed E-state index contributed by atoms with van der Waals surface area (Å²) in [7, 11) is 1.58. The van der Waals surface area contributed by atoms with Crippen molar-refractivity contribution < 1.29 is 4.74 Å². The number of hydrogen-bond acceptors (Lipinski definition) is 4. The molecule has 0 bridgehead atoms. The van der Waals surface area contributed by atoms with Crippen LogP contribution in [0.5, 0.6) is 5.75 Å². The number of rotatable bonds is 3. The van der Waals surface area contributed by atoms with Crippen molar-refractivity contribution in [3.63, 3.8) is 0 Å². The fourth-order valence-corrected chi connectivity index (χ4v) is 4.27. The number of nitrogens with zero attached hydrogens (tertiary/aromatic N) is 2. The van der Waals surface area contributed by atoms with Gasteiger partial charge in [-0.05, 0) is 37.3 Å².